The fraction of sp³-hybridized carbons (Fsp3) is 0.562. The number of amides is 1. The molecule has 0 saturated carbocycles. The zero-order valence-corrected chi connectivity index (χ0v) is 16.5. The predicted octanol–water partition coefficient (Wildman–Crippen LogP) is 3.70. The van der Waals surface area contributed by atoms with E-state index in [2.05, 4.69) is 19.2 Å². The highest BCUT2D eigenvalue weighted by Crippen LogP contribution is 2.30. The molecule has 0 aliphatic heterocycles. The van der Waals surface area contributed by atoms with Gasteiger partial charge in [-0.2, -0.15) is 0 Å². The van der Waals surface area contributed by atoms with Crippen LogP contribution < -0.4 is 9.62 Å². The molecule has 0 aromatic heterocycles. The van der Waals surface area contributed by atoms with Gasteiger partial charge in [0.15, 0.2) is 0 Å². The van der Waals surface area contributed by atoms with Crippen LogP contribution in [-0.4, -0.2) is 33.7 Å². The summed E-state index contributed by atoms with van der Waals surface area (Å²) in [6, 6.07) is 4.65. The van der Waals surface area contributed by atoms with Crippen molar-refractivity contribution in [2.75, 3.05) is 23.7 Å². The van der Waals surface area contributed by atoms with Gasteiger partial charge in [-0.05, 0) is 37.0 Å². The maximum Gasteiger partial charge on any atom is 0.232 e. The summed E-state index contributed by atoms with van der Waals surface area (Å²) in [4.78, 5) is 11.8. The molecule has 0 spiro atoms. The first-order valence-electron chi connectivity index (χ1n) is 7.80. The highest BCUT2D eigenvalue weighted by atomic mass is 35.5. The quantitative estimate of drug-likeness (QED) is 0.693. The van der Waals surface area contributed by atoms with Crippen LogP contribution in [0.25, 0.3) is 0 Å². The molecule has 0 bridgehead atoms. The van der Waals surface area contributed by atoms with E-state index in [1.807, 2.05) is 0 Å². The van der Waals surface area contributed by atoms with Gasteiger partial charge < -0.3 is 5.32 Å². The summed E-state index contributed by atoms with van der Waals surface area (Å²) in [5.41, 5.74) is 0.326. The van der Waals surface area contributed by atoms with Gasteiger partial charge >= 0.3 is 0 Å². The molecule has 1 N–H and O–H groups in total. The fourth-order valence-corrected chi connectivity index (χ4v) is 3.52. The monoisotopic (exact) mass is 394 g/mol. The minimum absolute atomic E-state index is 0.0821. The first-order valence-corrected chi connectivity index (χ1v) is 10.4. The second-order valence-electron chi connectivity index (χ2n) is 6.07. The minimum Gasteiger partial charge on any atom is -0.356 e. The van der Waals surface area contributed by atoms with E-state index in [4.69, 9.17) is 23.2 Å². The summed E-state index contributed by atoms with van der Waals surface area (Å²) < 4.78 is 25.3. The largest absolute Gasteiger partial charge is 0.356 e. The Hall–Kier alpha value is -0.980. The molecule has 8 heteroatoms. The summed E-state index contributed by atoms with van der Waals surface area (Å²) in [5, 5.41) is 3.53. The first kappa shape index (κ1) is 21.1. The van der Waals surface area contributed by atoms with Crippen LogP contribution in [0, 0.1) is 5.92 Å². The highest BCUT2D eigenvalue weighted by Gasteiger charge is 2.20. The Balaban J connectivity index is 2.66. The van der Waals surface area contributed by atoms with Crippen molar-refractivity contribution in [2.24, 2.45) is 5.92 Å². The lowest BCUT2D eigenvalue weighted by Gasteiger charge is -2.23. The third-order valence-corrected chi connectivity index (χ3v) is 5.12. The first-order chi connectivity index (χ1) is 11.1. The molecule has 1 rings (SSSR count). The van der Waals surface area contributed by atoms with Crippen molar-refractivity contribution in [2.45, 2.75) is 33.1 Å². The molecule has 1 aromatic rings. The molecule has 1 amide bonds. The van der Waals surface area contributed by atoms with Crippen LogP contribution in [0.2, 0.25) is 10.0 Å². The number of hydrogen-bond acceptors (Lipinski definition) is 3. The van der Waals surface area contributed by atoms with E-state index < -0.39 is 10.0 Å². The number of nitrogens with one attached hydrogen (secondary N) is 1. The van der Waals surface area contributed by atoms with Crippen LogP contribution in [0.1, 0.15) is 33.1 Å². The topological polar surface area (TPSA) is 66.5 Å². The molecule has 24 heavy (non-hydrogen) atoms. The second kappa shape index (κ2) is 9.49. The van der Waals surface area contributed by atoms with Gasteiger partial charge in [-0.1, -0.05) is 37.0 Å². The Morgan fingerprint density at radius 2 is 1.96 bits per heavy atom. The van der Waals surface area contributed by atoms with E-state index in [0.29, 0.717) is 34.6 Å². The van der Waals surface area contributed by atoms with Gasteiger partial charge in [0.25, 0.3) is 0 Å². The molecule has 5 nitrogen and oxygen atoms in total. The van der Waals surface area contributed by atoms with Gasteiger partial charge in [-0.15, -0.1) is 0 Å². The number of hydrogen-bond donors (Lipinski definition) is 1. The van der Waals surface area contributed by atoms with E-state index in [-0.39, 0.29) is 18.9 Å². The standard InChI is InChI=1S/C16H24Cl2N2O3S/c1-12(2)8-9-19-16(21)5-4-10-20(24(3,22)23)15-11-13(17)6-7-14(15)18/h6-7,11-12H,4-5,8-10H2,1-3H3,(H,19,21). The lowest BCUT2D eigenvalue weighted by Crippen LogP contribution is -2.32. The maximum atomic E-state index is 12.0. The molecule has 0 fully saturated rings. The molecule has 1 aromatic carbocycles. The Morgan fingerprint density at radius 1 is 1.29 bits per heavy atom. The van der Waals surface area contributed by atoms with Gasteiger partial charge in [0.05, 0.1) is 17.0 Å². The van der Waals surface area contributed by atoms with Crippen molar-refractivity contribution >= 4 is 44.8 Å². The highest BCUT2D eigenvalue weighted by molar-refractivity contribution is 7.92. The number of rotatable bonds is 9. The number of sulfonamides is 1. The number of anilines is 1. The van der Waals surface area contributed by atoms with Crippen molar-refractivity contribution in [3.05, 3.63) is 28.2 Å². The number of benzene rings is 1. The van der Waals surface area contributed by atoms with Gasteiger partial charge in [0, 0.05) is 24.5 Å². The van der Waals surface area contributed by atoms with E-state index in [0.717, 1.165) is 12.7 Å². The molecular formula is C16H24Cl2N2O3S. The lowest BCUT2D eigenvalue weighted by atomic mass is 10.1. The molecule has 0 aliphatic carbocycles. The predicted molar refractivity (Wildman–Crippen MR) is 100 cm³/mol. The summed E-state index contributed by atoms with van der Waals surface area (Å²) in [6.07, 6.45) is 2.66. The number of carbonyl (C=O) groups is 1. The summed E-state index contributed by atoms with van der Waals surface area (Å²) >= 11 is 12.0. The minimum atomic E-state index is -3.52. The van der Waals surface area contributed by atoms with Crippen LogP contribution in [0.4, 0.5) is 5.69 Å². The molecule has 136 valence electrons. The zero-order valence-electron chi connectivity index (χ0n) is 14.2. The van der Waals surface area contributed by atoms with Crippen molar-refractivity contribution in [3.8, 4) is 0 Å². The maximum absolute atomic E-state index is 12.0. The lowest BCUT2D eigenvalue weighted by molar-refractivity contribution is -0.121. The third-order valence-electron chi connectivity index (χ3n) is 3.39. The van der Waals surface area contributed by atoms with Crippen LogP contribution >= 0.6 is 23.2 Å². The van der Waals surface area contributed by atoms with Crippen LogP contribution in [0.3, 0.4) is 0 Å². The van der Waals surface area contributed by atoms with E-state index >= 15 is 0 Å². The summed E-state index contributed by atoms with van der Waals surface area (Å²) in [6.45, 7) is 4.97. The normalized spacial score (nSPS) is 11.6. The Morgan fingerprint density at radius 3 is 2.54 bits per heavy atom. The second-order valence-corrected chi connectivity index (χ2v) is 8.82. The van der Waals surface area contributed by atoms with Crippen LogP contribution in [-0.2, 0) is 14.8 Å². The van der Waals surface area contributed by atoms with E-state index in [9.17, 15) is 13.2 Å². The Kier molecular flexibility index (Phi) is 8.33. The van der Waals surface area contributed by atoms with Crippen LogP contribution in [0.15, 0.2) is 18.2 Å². The SMILES string of the molecule is CC(C)CCNC(=O)CCCN(c1cc(Cl)ccc1Cl)S(C)(=O)=O. The number of halogens is 2. The Bertz CT molecular complexity index is 663. The molecular weight excluding hydrogens is 371 g/mol. The van der Waals surface area contributed by atoms with E-state index in [1.54, 1.807) is 12.1 Å². The number of carbonyl (C=O) groups excluding carboxylic acids is 1. The molecule has 0 unspecified atom stereocenters. The molecule has 0 heterocycles. The molecule has 0 aliphatic rings. The number of nitrogens with zero attached hydrogens (tertiary/aromatic N) is 1. The van der Waals surface area contributed by atoms with Gasteiger partial charge in [0.1, 0.15) is 0 Å². The average Bonchev–Trinajstić information content (AvgIpc) is 2.45. The van der Waals surface area contributed by atoms with Crippen molar-refractivity contribution in [1.29, 1.82) is 0 Å². The Labute approximate surface area is 154 Å². The smallest absolute Gasteiger partial charge is 0.232 e. The van der Waals surface area contributed by atoms with Crippen molar-refractivity contribution in [1.82, 2.24) is 5.32 Å². The third kappa shape index (κ3) is 7.28. The summed E-state index contributed by atoms with van der Waals surface area (Å²) in [7, 11) is -3.52. The van der Waals surface area contributed by atoms with Gasteiger partial charge in [-0.25, -0.2) is 8.42 Å². The average molecular weight is 395 g/mol. The molecule has 0 saturated heterocycles. The zero-order chi connectivity index (χ0) is 18.3. The van der Waals surface area contributed by atoms with E-state index in [1.165, 1.54) is 10.4 Å². The van der Waals surface area contributed by atoms with Crippen LogP contribution in [0.5, 0.6) is 0 Å². The molecule has 0 radical (unpaired) electrons. The van der Waals surface area contributed by atoms with Crippen molar-refractivity contribution in [3.63, 3.8) is 0 Å². The van der Waals surface area contributed by atoms with Gasteiger partial charge in [0.2, 0.25) is 15.9 Å². The van der Waals surface area contributed by atoms with Gasteiger partial charge in [-0.3, -0.25) is 9.10 Å². The van der Waals surface area contributed by atoms with Crippen molar-refractivity contribution < 1.29 is 13.2 Å². The molecule has 0 atom stereocenters. The fourth-order valence-electron chi connectivity index (χ4n) is 2.11. The summed E-state index contributed by atoms with van der Waals surface area (Å²) in [5.74, 6) is 0.442.